The first kappa shape index (κ1) is 42.4. The van der Waals surface area contributed by atoms with Gasteiger partial charge in [-0.1, -0.05) is 6.92 Å². The van der Waals surface area contributed by atoms with Crippen LogP contribution >= 0.6 is 0 Å². The lowest BCUT2D eigenvalue weighted by Crippen LogP contribution is -2.64. The van der Waals surface area contributed by atoms with Crippen LogP contribution in [-0.4, -0.2) is 183 Å². The molecule has 0 aromatic carbocycles. The van der Waals surface area contributed by atoms with E-state index in [1.165, 1.54) is 14.0 Å². The molecule has 1 saturated heterocycles. The zero-order valence-electron chi connectivity index (χ0n) is 26.1. The lowest BCUT2D eigenvalue weighted by Gasteiger charge is -2.46. The summed E-state index contributed by atoms with van der Waals surface area (Å²) in [7, 11) is 2.34. The fraction of sp³-hybridized carbons (Fsp3) is 0.769. The van der Waals surface area contributed by atoms with Crippen LogP contribution in [0.15, 0.2) is 0 Å². The summed E-state index contributed by atoms with van der Waals surface area (Å²) >= 11 is 0. The van der Waals surface area contributed by atoms with E-state index >= 15 is 0 Å². The Kier molecular flexibility index (Phi) is 19.6. The molecular weight excluding hydrogens is 664 g/mol. The lowest BCUT2D eigenvalue weighted by molar-refractivity contribution is -0.345. The van der Waals surface area contributed by atoms with E-state index in [0.29, 0.717) is 0 Å². The van der Waals surface area contributed by atoms with E-state index in [1.54, 1.807) is 0 Å². The van der Waals surface area contributed by atoms with Crippen molar-refractivity contribution in [3.05, 3.63) is 0 Å². The van der Waals surface area contributed by atoms with Crippen LogP contribution in [0.5, 0.6) is 0 Å². The van der Waals surface area contributed by atoms with Crippen LogP contribution in [0.1, 0.15) is 6.92 Å². The van der Waals surface area contributed by atoms with Gasteiger partial charge >= 0.3 is 35.8 Å². The number of carboxylic acids is 6. The number of hydrogen-bond acceptors (Lipinski definition) is 16. The van der Waals surface area contributed by atoms with Crippen LogP contribution in [0.2, 0.25) is 0 Å². The number of rotatable bonds is 27. The number of carbonyl (C=O) groups is 6. The molecule has 1 heterocycles. The highest BCUT2D eigenvalue weighted by atomic mass is 16.8. The molecule has 0 aromatic heterocycles. The molecule has 0 spiro atoms. The van der Waals surface area contributed by atoms with Gasteiger partial charge in [-0.15, -0.1) is 0 Å². The van der Waals surface area contributed by atoms with Gasteiger partial charge in [0.2, 0.25) is 0 Å². The minimum absolute atomic E-state index is 0.383. The average Bonchev–Trinajstić information content (AvgIpc) is 2.99. The smallest absolute Gasteiger partial charge is 0.329 e. The monoisotopic (exact) mass is 704 g/mol. The average molecular weight is 705 g/mol. The second-order valence-corrected chi connectivity index (χ2v) is 9.91. The van der Waals surface area contributed by atoms with E-state index in [2.05, 4.69) is 0 Å². The third-order valence-corrected chi connectivity index (χ3v) is 6.37. The summed E-state index contributed by atoms with van der Waals surface area (Å²) in [6.45, 7) is -5.23. The molecule has 4 unspecified atom stereocenters. The number of aliphatic carboxylic acids is 6. The molecule has 1 aliphatic heterocycles. The van der Waals surface area contributed by atoms with Crippen molar-refractivity contribution in [1.82, 2.24) is 0 Å². The molecule has 48 heavy (non-hydrogen) atoms. The van der Waals surface area contributed by atoms with Gasteiger partial charge in [0.1, 0.15) is 70.2 Å². The summed E-state index contributed by atoms with van der Waals surface area (Å²) in [6.07, 6.45) is -12.3. The van der Waals surface area contributed by atoms with Crippen LogP contribution < -0.4 is 0 Å². The zero-order chi connectivity index (χ0) is 36.4. The topological polar surface area (TPSA) is 316 Å². The summed E-state index contributed by atoms with van der Waals surface area (Å²) in [5.74, 6) is -9.68. The van der Waals surface area contributed by atoms with Crippen molar-refractivity contribution >= 4 is 35.8 Å². The molecule has 1 rings (SSSR count). The van der Waals surface area contributed by atoms with Gasteiger partial charge in [-0.05, 0) is 0 Å². The van der Waals surface area contributed by atoms with E-state index in [0.717, 1.165) is 7.11 Å². The predicted octanol–water partition coefficient (Wildman–Crippen LogP) is -2.57. The van der Waals surface area contributed by atoms with Gasteiger partial charge in [0.05, 0.1) is 19.3 Å². The Hall–Kier alpha value is -3.58. The van der Waals surface area contributed by atoms with Crippen molar-refractivity contribution in [2.24, 2.45) is 5.92 Å². The van der Waals surface area contributed by atoms with E-state index < -0.39 is 137 Å². The Balaban J connectivity index is 3.72. The first-order valence-corrected chi connectivity index (χ1v) is 13.9. The molecular formula is C26H40O22. The Bertz CT molecular complexity index is 1050. The fourth-order valence-corrected chi connectivity index (χ4v) is 4.40. The van der Waals surface area contributed by atoms with Gasteiger partial charge in [0.15, 0.2) is 12.6 Å². The van der Waals surface area contributed by atoms with Crippen molar-refractivity contribution in [3.8, 4) is 0 Å². The Morgan fingerprint density at radius 3 is 1.65 bits per heavy atom. The van der Waals surface area contributed by atoms with Crippen LogP contribution in [-0.2, 0) is 76.1 Å². The molecule has 0 aromatic rings. The Labute approximate surface area is 272 Å². The zero-order valence-corrected chi connectivity index (χ0v) is 26.1. The summed E-state index contributed by atoms with van der Waals surface area (Å²) < 4.78 is 54.7. The largest absolute Gasteiger partial charge is 0.480 e. The Morgan fingerprint density at radius 1 is 0.646 bits per heavy atom. The van der Waals surface area contributed by atoms with Crippen molar-refractivity contribution < 1.29 is 107 Å². The molecule has 0 bridgehead atoms. The van der Waals surface area contributed by atoms with Crippen molar-refractivity contribution in [3.63, 3.8) is 0 Å². The molecule has 0 saturated carbocycles. The molecule has 0 aliphatic carbocycles. The number of methoxy groups -OCH3 is 2. The van der Waals surface area contributed by atoms with Crippen LogP contribution in [0, 0.1) is 5.92 Å². The summed E-state index contributed by atoms with van der Waals surface area (Å²) in [4.78, 5) is 68.0. The van der Waals surface area contributed by atoms with Gasteiger partial charge in [0, 0.05) is 20.1 Å². The second-order valence-electron chi connectivity index (χ2n) is 9.91. The van der Waals surface area contributed by atoms with E-state index in [9.17, 15) is 49.2 Å². The van der Waals surface area contributed by atoms with Crippen LogP contribution in [0.25, 0.3) is 0 Å². The quantitative estimate of drug-likeness (QED) is 0.0479. The van der Waals surface area contributed by atoms with E-state index in [1.807, 2.05) is 0 Å². The highest BCUT2D eigenvalue weighted by Gasteiger charge is 2.51. The molecule has 0 amide bonds. The van der Waals surface area contributed by atoms with Crippen molar-refractivity contribution in [2.75, 3.05) is 67.1 Å². The third kappa shape index (κ3) is 15.5. The lowest BCUT2D eigenvalue weighted by atomic mass is 9.95. The molecule has 0 radical (unpaired) electrons. The SMILES string of the molecule is COC(COCC(=O)O)[C@@H](C)C(OCC(=O)O)[C@H](OCC(=O)O)O[C@@H]1C(OCC(=O)O)C(OCC(=O)O)[C@@H](OC)O[C@H]1COCC(=O)O. The number of ether oxygens (including phenoxy) is 10. The molecule has 9 atom stereocenters. The maximum absolute atomic E-state index is 11.5. The first-order valence-electron chi connectivity index (χ1n) is 13.9. The van der Waals surface area contributed by atoms with Gasteiger partial charge in [-0.2, -0.15) is 0 Å². The molecule has 276 valence electrons. The van der Waals surface area contributed by atoms with Crippen molar-refractivity contribution in [2.45, 2.75) is 56.1 Å². The fourth-order valence-electron chi connectivity index (χ4n) is 4.40. The summed E-state index contributed by atoms with van der Waals surface area (Å²) in [5, 5.41) is 55.3. The maximum Gasteiger partial charge on any atom is 0.329 e. The van der Waals surface area contributed by atoms with Gasteiger partial charge < -0.3 is 78.0 Å². The predicted molar refractivity (Wildman–Crippen MR) is 147 cm³/mol. The molecule has 1 aliphatic rings. The molecule has 22 nitrogen and oxygen atoms in total. The first-order chi connectivity index (χ1) is 22.6. The normalized spacial score (nSPS) is 23.4. The highest BCUT2D eigenvalue weighted by Crippen LogP contribution is 2.32. The van der Waals surface area contributed by atoms with Crippen molar-refractivity contribution in [1.29, 1.82) is 0 Å². The van der Waals surface area contributed by atoms with E-state index in [-0.39, 0.29) is 6.61 Å². The molecule has 22 heteroatoms. The second kappa shape index (κ2) is 22.1. The van der Waals surface area contributed by atoms with Gasteiger partial charge in [0.25, 0.3) is 0 Å². The number of hydrogen-bond donors (Lipinski definition) is 6. The Morgan fingerprint density at radius 2 is 1.15 bits per heavy atom. The molecule has 1 fully saturated rings. The van der Waals surface area contributed by atoms with Gasteiger partial charge in [-0.25, -0.2) is 28.8 Å². The minimum Gasteiger partial charge on any atom is -0.480 e. The van der Waals surface area contributed by atoms with Gasteiger partial charge in [-0.3, -0.25) is 0 Å². The minimum atomic E-state index is -1.90. The van der Waals surface area contributed by atoms with Crippen LogP contribution in [0.4, 0.5) is 0 Å². The summed E-state index contributed by atoms with van der Waals surface area (Å²) in [6, 6.07) is 0. The van der Waals surface area contributed by atoms with E-state index in [4.69, 9.17) is 57.6 Å². The molecule has 6 N–H and O–H groups in total. The maximum atomic E-state index is 11.5. The van der Waals surface area contributed by atoms with Crippen LogP contribution in [0.3, 0.4) is 0 Å². The number of carboxylic acid groups (broad SMARTS) is 6. The standard InChI is InChI=1S/C26H40O22/c1-12(13(39-2)4-41-6-15(27)28)21(43-8-17(31)32)26(46-11-20(37)38)48-22-14(5-42-7-16(29)30)47-25(40-3)24(45-10-19(35)36)23(22)44-9-18(33)34/h12-14,21-26H,4-11H2,1-3H3,(H,27,28)(H,29,30)(H,31,32)(H,33,34)(H,35,36)(H,37,38)/t12-,13?,14+,21?,22+,23?,24?,25+,26-/m1/s1. The third-order valence-electron chi connectivity index (χ3n) is 6.37. The summed E-state index contributed by atoms with van der Waals surface area (Å²) in [5.41, 5.74) is 0. The highest BCUT2D eigenvalue weighted by molar-refractivity contribution is 5.69.